The van der Waals surface area contributed by atoms with Crippen LogP contribution in [0.1, 0.15) is 36.1 Å². The fourth-order valence-electron chi connectivity index (χ4n) is 2.70. The largest absolute Gasteiger partial charge is 0.449 e. The molecule has 1 heterocycles. The number of hydrogen-bond acceptors (Lipinski definition) is 5. The molecular formula is C19H21Cl2N3O3. The molecule has 0 fully saturated rings. The Morgan fingerprint density at radius 1 is 1.26 bits per heavy atom. The molecule has 8 heteroatoms. The Labute approximate surface area is 168 Å². The van der Waals surface area contributed by atoms with E-state index in [0.29, 0.717) is 15.7 Å². The molecule has 6 nitrogen and oxygen atoms in total. The number of benzene rings is 1. The van der Waals surface area contributed by atoms with Gasteiger partial charge in [-0.25, -0.2) is 10.2 Å². The smallest absolute Gasteiger partial charge is 0.427 e. The number of carbonyl (C=O) groups excluding carboxylic acids is 1. The van der Waals surface area contributed by atoms with Crippen LogP contribution in [-0.4, -0.2) is 24.1 Å². The number of amides is 1. The molecule has 1 aromatic heterocycles. The van der Waals surface area contributed by atoms with E-state index in [4.69, 9.17) is 32.5 Å². The van der Waals surface area contributed by atoms with Crippen molar-refractivity contribution in [3.05, 3.63) is 44.6 Å². The molecule has 0 radical (unpaired) electrons. The Morgan fingerprint density at radius 3 is 2.48 bits per heavy atom. The highest BCUT2D eigenvalue weighted by Crippen LogP contribution is 2.41. The molecule has 2 rings (SSSR count). The third-order valence-electron chi connectivity index (χ3n) is 4.13. The van der Waals surface area contributed by atoms with Crippen molar-refractivity contribution in [1.29, 1.82) is 0 Å². The van der Waals surface area contributed by atoms with Crippen molar-refractivity contribution in [3.8, 4) is 11.3 Å². The molecule has 0 bridgehead atoms. The number of aromatic nitrogens is 1. The van der Waals surface area contributed by atoms with Gasteiger partial charge in [-0.3, -0.25) is 0 Å². The molecule has 1 N–H and O–H groups in total. The van der Waals surface area contributed by atoms with E-state index < -0.39 is 6.09 Å². The van der Waals surface area contributed by atoms with Crippen LogP contribution in [0, 0.1) is 20.8 Å². The standard InChI is InChI=1S/C19H21Cl2N3O3/c1-6-26-19(25)23-22-8-7-10(2)14-9-27-24-18(14)15-11(3)16(20)13(5)17(21)12(15)4/h7-9H,6H2,1-5H3,(H,23,25)/b10-7+,22-8+. The lowest BCUT2D eigenvalue weighted by Crippen LogP contribution is -2.18. The van der Waals surface area contributed by atoms with Crippen LogP contribution in [0.4, 0.5) is 4.79 Å². The van der Waals surface area contributed by atoms with Crippen LogP contribution in [0.5, 0.6) is 0 Å². The predicted molar refractivity (Wildman–Crippen MR) is 108 cm³/mol. The minimum absolute atomic E-state index is 0.278. The second-order valence-corrected chi connectivity index (χ2v) is 6.67. The summed E-state index contributed by atoms with van der Waals surface area (Å²) in [4.78, 5) is 11.2. The normalized spacial score (nSPS) is 11.9. The SMILES string of the molecule is CCOC(=O)N/N=C/C=C(\C)c1conc1-c1c(C)c(Cl)c(C)c(Cl)c1C. The van der Waals surface area contributed by atoms with Gasteiger partial charge in [0, 0.05) is 27.4 Å². The molecule has 2 aromatic rings. The minimum atomic E-state index is -0.611. The maximum atomic E-state index is 11.2. The first-order valence-electron chi connectivity index (χ1n) is 8.32. The van der Waals surface area contributed by atoms with E-state index in [9.17, 15) is 4.79 Å². The van der Waals surface area contributed by atoms with Gasteiger partial charge in [0.2, 0.25) is 0 Å². The van der Waals surface area contributed by atoms with Gasteiger partial charge in [-0.15, -0.1) is 0 Å². The second kappa shape index (κ2) is 9.06. The maximum Gasteiger partial charge on any atom is 0.427 e. The summed E-state index contributed by atoms with van der Waals surface area (Å²) in [5.41, 5.74) is 7.98. The lowest BCUT2D eigenvalue weighted by atomic mass is 9.93. The van der Waals surface area contributed by atoms with Gasteiger partial charge in [0.15, 0.2) is 0 Å². The van der Waals surface area contributed by atoms with Gasteiger partial charge in [0.05, 0.1) is 6.61 Å². The Bertz CT molecular complexity index is 888. The summed E-state index contributed by atoms with van der Waals surface area (Å²) < 4.78 is 9.93. The summed E-state index contributed by atoms with van der Waals surface area (Å²) in [7, 11) is 0. The van der Waals surface area contributed by atoms with E-state index >= 15 is 0 Å². The lowest BCUT2D eigenvalue weighted by Gasteiger charge is -2.15. The van der Waals surface area contributed by atoms with E-state index in [0.717, 1.165) is 33.4 Å². The van der Waals surface area contributed by atoms with Crippen molar-refractivity contribution < 1.29 is 14.1 Å². The molecule has 1 amide bonds. The topological polar surface area (TPSA) is 76.7 Å². The fraction of sp³-hybridized carbons (Fsp3) is 0.316. The van der Waals surface area contributed by atoms with Crippen LogP contribution < -0.4 is 5.43 Å². The first-order valence-corrected chi connectivity index (χ1v) is 9.07. The summed E-state index contributed by atoms with van der Waals surface area (Å²) in [6.07, 6.45) is 4.12. The number of ether oxygens (including phenoxy) is 1. The molecule has 0 unspecified atom stereocenters. The van der Waals surface area contributed by atoms with E-state index in [1.54, 1.807) is 19.3 Å². The lowest BCUT2D eigenvalue weighted by molar-refractivity contribution is 0.152. The van der Waals surface area contributed by atoms with Gasteiger partial charge in [-0.2, -0.15) is 5.10 Å². The molecule has 1 aromatic carbocycles. The average molecular weight is 410 g/mol. The number of nitrogens with one attached hydrogen (secondary N) is 1. The summed E-state index contributed by atoms with van der Waals surface area (Å²) in [6.45, 7) is 9.62. The second-order valence-electron chi connectivity index (χ2n) is 5.91. The zero-order valence-corrected chi connectivity index (χ0v) is 17.3. The van der Waals surface area contributed by atoms with Crippen LogP contribution >= 0.6 is 23.2 Å². The van der Waals surface area contributed by atoms with Crippen molar-refractivity contribution in [1.82, 2.24) is 10.6 Å². The quantitative estimate of drug-likeness (QED) is 0.506. The van der Waals surface area contributed by atoms with Gasteiger partial charge in [0.25, 0.3) is 0 Å². The van der Waals surface area contributed by atoms with Crippen LogP contribution in [0.15, 0.2) is 22.0 Å². The maximum absolute atomic E-state index is 11.2. The van der Waals surface area contributed by atoms with E-state index in [1.807, 2.05) is 27.7 Å². The number of allylic oxidation sites excluding steroid dienone is 2. The van der Waals surface area contributed by atoms with Crippen molar-refractivity contribution in [3.63, 3.8) is 0 Å². The van der Waals surface area contributed by atoms with E-state index in [-0.39, 0.29) is 6.61 Å². The first-order chi connectivity index (χ1) is 12.8. The molecule has 0 atom stereocenters. The molecule has 27 heavy (non-hydrogen) atoms. The van der Waals surface area contributed by atoms with Crippen LogP contribution in [0.3, 0.4) is 0 Å². The van der Waals surface area contributed by atoms with Crippen molar-refractivity contribution >= 4 is 41.1 Å². The van der Waals surface area contributed by atoms with Gasteiger partial charge >= 0.3 is 6.09 Å². The zero-order valence-electron chi connectivity index (χ0n) is 15.8. The molecule has 0 saturated carbocycles. The Hall–Kier alpha value is -2.31. The Balaban J connectivity index is 2.38. The molecule has 0 aliphatic carbocycles. The number of nitrogens with zero attached hydrogens (tertiary/aromatic N) is 2. The summed E-state index contributed by atoms with van der Waals surface area (Å²) in [6, 6.07) is 0. The third kappa shape index (κ3) is 4.51. The van der Waals surface area contributed by atoms with Crippen molar-refractivity contribution in [2.24, 2.45) is 5.10 Å². The van der Waals surface area contributed by atoms with Crippen molar-refractivity contribution in [2.75, 3.05) is 6.61 Å². The molecule has 144 valence electrons. The summed E-state index contributed by atoms with van der Waals surface area (Å²) >= 11 is 12.9. The number of hydrogen-bond donors (Lipinski definition) is 1. The zero-order chi connectivity index (χ0) is 20.1. The van der Waals surface area contributed by atoms with Crippen LogP contribution in [0.2, 0.25) is 10.0 Å². The average Bonchev–Trinajstić information content (AvgIpc) is 3.11. The monoisotopic (exact) mass is 409 g/mol. The van der Waals surface area contributed by atoms with Crippen LogP contribution in [-0.2, 0) is 4.74 Å². The van der Waals surface area contributed by atoms with Crippen molar-refractivity contribution in [2.45, 2.75) is 34.6 Å². The third-order valence-corrected chi connectivity index (χ3v) is 5.26. The van der Waals surface area contributed by atoms with Crippen LogP contribution in [0.25, 0.3) is 16.8 Å². The van der Waals surface area contributed by atoms with Gasteiger partial charge in [0.1, 0.15) is 12.0 Å². The molecule has 0 spiro atoms. The molecule has 0 saturated heterocycles. The van der Waals surface area contributed by atoms with Gasteiger partial charge < -0.3 is 9.26 Å². The predicted octanol–water partition coefficient (Wildman–Crippen LogP) is 5.71. The molecule has 0 aliphatic heterocycles. The number of hydrazone groups is 1. The molecular weight excluding hydrogens is 389 g/mol. The Kier molecular flexibility index (Phi) is 7.05. The van der Waals surface area contributed by atoms with E-state index in [1.165, 1.54) is 6.21 Å². The van der Waals surface area contributed by atoms with Gasteiger partial charge in [-0.1, -0.05) is 28.4 Å². The summed E-state index contributed by atoms with van der Waals surface area (Å²) in [5, 5.41) is 9.17. The highest BCUT2D eigenvalue weighted by molar-refractivity contribution is 6.37. The van der Waals surface area contributed by atoms with E-state index in [2.05, 4.69) is 15.7 Å². The minimum Gasteiger partial charge on any atom is -0.449 e. The van der Waals surface area contributed by atoms with Gasteiger partial charge in [-0.05, 0) is 63.0 Å². The highest BCUT2D eigenvalue weighted by atomic mass is 35.5. The molecule has 0 aliphatic rings. The summed E-state index contributed by atoms with van der Waals surface area (Å²) in [5.74, 6) is 0. The number of rotatable bonds is 5. The fourth-order valence-corrected chi connectivity index (χ4v) is 3.13. The number of carbonyl (C=O) groups is 1. The Morgan fingerprint density at radius 2 is 1.89 bits per heavy atom. The first kappa shape index (κ1) is 21.0. The highest BCUT2D eigenvalue weighted by Gasteiger charge is 2.21. The number of halogens is 2.